The van der Waals surface area contributed by atoms with Crippen LogP contribution in [0.25, 0.3) is 0 Å². The molecule has 184 valence electrons. The number of nitrogens with one attached hydrogen (secondary N) is 1. The number of hydrogen-bond donors (Lipinski definition) is 1. The summed E-state index contributed by atoms with van der Waals surface area (Å²) in [4.78, 5) is 28.0. The molecule has 1 aliphatic rings. The van der Waals surface area contributed by atoms with Crippen LogP contribution in [0.15, 0.2) is 48.5 Å². The first-order valence-corrected chi connectivity index (χ1v) is 12.5. The molecule has 2 amide bonds. The number of carbonyl (C=O) groups is 2. The Labute approximate surface area is 204 Å². The highest BCUT2D eigenvalue weighted by molar-refractivity contribution is 5.88. The molecule has 1 fully saturated rings. The lowest BCUT2D eigenvalue weighted by atomic mass is 9.87. The highest BCUT2D eigenvalue weighted by Gasteiger charge is 2.28. The molecular weight excluding hydrogens is 424 g/mol. The quantitative estimate of drug-likeness (QED) is 0.558. The van der Waals surface area contributed by atoms with Crippen molar-refractivity contribution < 1.29 is 14.3 Å². The van der Waals surface area contributed by atoms with Crippen LogP contribution in [0.5, 0.6) is 5.75 Å². The monoisotopic (exact) mass is 464 g/mol. The van der Waals surface area contributed by atoms with Gasteiger partial charge in [0.2, 0.25) is 5.91 Å². The number of carbonyl (C=O) groups excluding carboxylic acids is 2. The van der Waals surface area contributed by atoms with Gasteiger partial charge >= 0.3 is 0 Å². The minimum atomic E-state index is -0.582. The number of aryl methyl sites for hydroxylation is 1. The van der Waals surface area contributed by atoms with E-state index in [4.69, 9.17) is 4.74 Å². The molecule has 0 heterocycles. The fraction of sp³-hybridized carbons (Fsp3) is 0.517. The molecule has 3 rings (SSSR count). The van der Waals surface area contributed by atoms with Crippen LogP contribution < -0.4 is 10.1 Å². The second-order valence-electron chi connectivity index (χ2n) is 10.6. The summed E-state index contributed by atoms with van der Waals surface area (Å²) in [5.41, 5.74) is 3.39. The Morgan fingerprint density at radius 3 is 2.35 bits per heavy atom. The Hall–Kier alpha value is -2.82. The second kappa shape index (κ2) is 11.5. The predicted octanol–water partition coefficient (Wildman–Crippen LogP) is 5.54. The Morgan fingerprint density at radius 2 is 1.74 bits per heavy atom. The van der Waals surface area contributed by atoms with Crippen LogP contribution in [0.3, 0.4) is 0 Å². The van der Waals surface area contributed by atoms with Crippen molar-refractivity contribution in [2.24, 2.45) is 0 Å². The number of nitrogens with zero attached hydrogens (tertiary/aromatic N) is 1. The first-order chi connectivity index (χ1) is 16.1. The van der Waals surface area contributed by atoms with E-state index in [1.807, 2.05) is 56.3 Å². The van der Waals surface area contributed by atoms with Gasteiger partial charge in [-0.3, -0.25) is 9.59 Å². The summed E-state index contributed by atoms with van der Waals surface area (Å²) < 4.78 is 5.83. The van der Waals surface area contributed by atoms with Gasteiger partial charge in [-0.15, -0.1) is 0 Å². The van der Waals surface area contributed by atoms with Gasteiger partial charge in [0.25, 0.3) is 5.91 Å². The van der Waals surface area contributed by atoms with E-state index in [-0.39, 0.29) is 29.9 Å². The Balaban J connectivity index is 1.69. The summed E-state index contributed by atoms with van der Waals surface area (Å²) in [5, 5.41) is 3.17. The molecule has 0 aromatic heterocycles. The molecule has 1 saturated carbocycles. The van der Waals surface area contributed by atoms with E-state index < -0.39 is 6.04 Å². The third kappa shape index (κ3) is 7.34. The molecule has 1 unspecified atom stereocenters. The fourth-order valence-electron chi connectivity index (χ4n) is 4.44. The van der Waals surface area contributed by atoms with E-state index in [9.17, 15) is 9.59 Å². The van der Waals surface area contributed by atoms with Crippen molar-refractivity contribution in [1.82, 2.24) is 10.2 Å². The average Bonchev–Trinajstić information content (AvgIpc) is 2.81. The largest absolute Gasteiger partial charge is 0.484 e. The van der Waals surface area contributed by atoms with Crippen molar-refractivity contribution >= 4 is 11.8 Å². The van der Waals surface area contributed by atoms with Gasteiger partial charge in [-0.05, 0) is 55.4 Å². The third-order valence-corrected chi connectivity index (χ3v) is 6.64. The summed E-state index contributed by atoms with van der Waals surface area (Å²) in [6, 6.07) is 15.5. The van der Waals surface area contributed by atoms with Crippen molar-refractivity contribution in [3.63, 3.8) is 0 Å². The highest BCUT2D eigenvalue weighted by Crippen LogP contribution is 2.24. The van der Waals surface area contributed by atoms with Gasteiger partial charge in [0.05, 0.1) is 0 Å². The summed E-state index contributed by atoms with van der Waals surface area (Å²) in [6.45, 7) is 10.6. The topological polar surface area (TPSA) is 58.6 Å². The molecule has 0 bridgehead atoms. The van der Waals surface area contributed by atoms with Gasteiger partial charge in [-0.2, -0.15) is 0 Å². The minimum Gasteiger partial charge on any atom is -0.484 e. The zero-order chi connectivity index (χ0) is 24.7. The fourth-order valence-corrected chi connectivity index (χ4v) is 4.44. The molecule has 0 saturated heterocycles. The second-order valence-corrected chi connectivity index (χ2v) is 10.6. The summed E-state index contributed by atoms with van der Waals surface area (Å²) >= 11 is 0. The van der Waals surface area contributed by atoms with Gasteiger partial charge in [-0.25, -0.2) is 0 Å². The van der Waals surface area contributed by atoms with Crippen LogP contribution in [0, 0.1) is 6.92 Å². The van der Waals surface area contributed by atoms with E-state index >= 15 is 0 Å². The number of hydrogen-bond acceptors (Lipinski definition) is 3. The van der Waals surface area contributed by atoms with Gasteiger partial charge in [0, 0.05) is 12.6 Å². The molecule has 1 N–H and O–H groups in total. The smallest absolute Gasteiger partial charge is 0.261 e. The van der Waals surface area contributed by atoms with Crippen molar-refractivity contribution in [2.45, 2.75) is 90.8 Å². The normalized spacial score (nSPS) is 15.4. The molecule has 34 heavy (non-hydrogen) atoms. The SMILES string of the molecule is Cc1cccc(CN(C(=O)COc2ccc(C(C)(C)C)cc2)C(C)C(=O)NC2CCCCC2)c1. The van der Waals surface area contributed by atoms with Crippen molar-refractivity contribution in [3.05, 3.63) is 65.2 Å². The van der Waals surface area contributed by atoms with E-state index in [1.165, 1.54) is 12.0 Å². The lowest BCUT2D eigenvalue weighted by Crippen LogP contribution is -2.51. The molecule has 2 aromatic carbocycles. The number of ether oxygens (including phenoxy) is 1. The zero-order valence-electron chi connectivity index (χ0n) is 21.4. The van der Waals surface area contributed by atoms with Crippen LogP contribution in [-0.2, 0) is 21.5 Å². The minimum absolute atomic E-state index is 0.0556. The van der Waals surface area contributed by atoms with Gasteiger partial charge < -0.3 is 15.0 Å². The molecule has 1 atom stereocenters. The van der Waals surface area contributed by atoms with Crippen LogP contribution in [0.4, 0.5) is 0 Å². The van der Waals surface area contributed by atoms with Crippen molar-refractivity contribution in [2.75, 3.05) is 6.61 Å². The lowest BCUT2D eigenvalue weighted by molar-refractivity contribution is -0.142. The predicted molar refractivity (Wildman–Crippen MR) is 137 cm³/mol. The molecule has 5 heteroatoms. The first kappa shape index (κ1) is 25.8. The number of rotatable bonds is 8. The molecule has 2 aromatic rings. The first-order valence-electron chi connectivity index (χ1n) is 12.5. The Morgan fingerprint density at radius 1 is 1.06 bits per heavy atom. The molecule has 0 spiro atoms. The van der Waals surface area contributed by atoms with Crippen LogP contribution in [0.2, 0.25) is 0 Å². The van der Waals surface area contributed by atoms with E-state index in [0.717, 1.165) is 36.8 Å². The highest BCUT2D eigenvalue weighted by atomic mass is 16.5. The van der Waals surface area contributed by atoms with Crippen LogP contribution >= 0.6 is 0 Å². The maximum atomic E-state index is 13.3. The van der Waals surface area contributed by atoms with Crippen molar-refractivity contribution in [3.8, 4) is 5.75 Å². The van der Waals surface area contributed by atoms with Crippen LogP contribution in [-0.4, -0.2) is 35.4 Å². The van der Waals surface area contributed by atoms with Crippen molar-refractivity contribution in [1.29, 1.82) is 0 Å². The van der Waals surface area contributed by atoms with Gasteiger partial charge in [0.15, 0.2) is 6.61 Å². The molecule has 0 aliphatic heterocycles. The van der Waals surface area contributed by atoms with E-state index in [2.05, 4.69) is 32.2 Å². The van der Waals surface area contributed by atoms with Crippen LogP contribution in [0.1, 0.15) is 76.5 Å². The summed E-state index contributed by atoms with van der Waals surface area (Å²) in [5.74, 6) is 0.353. The standard InChI is InChI=1S/C29H40N2O3/c1-21-10-9-11-23(18-21)19-31(22(2)28(33)30-25-12-7-6-8-13-25)27(32)20-34-26-16-14-24(15-17-26)29(3,4)5/h9-11,14-18,22,25H,6-8,12-13,19-20H2,1-5H3,(H,30,33). The number of amides is 2. The van der Waals surface area contributed by atoms with E-state index in [0.29, 0.717) is 12.3 Å². The average molecular weight is 465 g/mol. The molecule has 1 aliphatic carbocycles. The maximum Gasteiger partial charge on any atom is 0.261 e. The Kier molecular flexibility index (Phi) is 8.76. The van der Waals surface area contributed by atoms with Gasteiger partial charge in [-0.1, -0.05) is 82.0 Å². The lowest BCUT2D eigenvalue weighted by Gasteiger charge is -2.31. The summed E-state index contributed by atoms with van der Waals surface area (Å²) in [6.07, 6.45) is 5.55. The van der Waals surface area contributed by atoms with Gasteiger partial charge in [0.1, 0.15) is 11.8 Å². The molecule has 0 radical (unpaired) electrons. The maximum absolute atomic E-state index is 13.3. The summed E-state index contributed by atoms with van der Waals surface area (Å²) in [7, 11) is 0. The zero-order valence-corrected chi connectivity index (χ0v) is 21.4. The number of benzene rings is 2. The van der Waals surface area contributed by atoms with E-state index in [1.54, 1.807) is 4.90 Å². The Bertz CT molecular complexity index is 956. The molecule has 5 nitrogen and oxygen atoms in total. The molecular formula is C29H40N2O3. The third-order valence-electron chi connectivity index (χ3n) is 6.64.